The van der Waals surface area contributed by atoms with Gasteiger partial charge < -0.3 is 5.73 Å². The number of likely N-dealkylation sites (N-methyl/N-ethyl adjacent to an activating group) is 1. The van der Waals surface area contributed by atoms with Gasteiger partial charge in [0.15, 0.2) is 0 Å². The molecule has 1 aliphatic heterocycles. The van der Waals surface area contributed by atoms with Crippen molar-refractivity contribution >= 4 is 0 Å². The van der Waals surface area contributed by atoms with Crippen LogP contribution < -0.4 is 5.73 Å². The Labute approximate surface area is 101 Å². The molecule has 0 radical (unpaired) electrons. The van der Waals surface area contributed by atoms with E-state index in [-0.39, 0.29) is 0 Å². The predicted octanol–water partition coefficient (Wildman–Crippen LogP) is 1.39. The van der Waals surface area contributed by atoms with Gasteiger partial charge in [0.05, 0.1) is 0 Å². The first-order valence-electron chi connectivity index (χ1n) is 6.69. The fourth-order valence-corrected chi connectivity index (χ4v) is 2.66. The molecule has 96 valence electrons. The van der Waals surface area contributed by atoms with Crippen LogP contribution in [-0.4, -0.2) is 55.1 Å². The first-order chi connectivity index (χ1) is 7.54. The van der Waals surface area contributed by atoms with Gasteiger partial charge in [0.25, 0.3) is 0 Å². The van der Waals surface area contributed by atoms with E-state index in [2.05, 4.69) is 37.6 Å². The summed E-state index contributed by atoms with van der Waals surface area (Å²) < 4.78 is 0. The van der Waals surface area contributed by atoms with Gasteiger partial charge in [-0.2, -0.15) is 0 Å². The number of piperazine rings is 1. The standard InChI is InChI=1S/C13H29N3/c1-11(6-5-7-14)8-16-9-12(2)15(4)13(3)10-16/h11-13H,5-10,14H2,1-4H3. The molecule has 1 fully saturated rings. The molecule has 1 saturated heterocycles. The summed E-state index contributed by atoms with van der Waals surface area (Å²) in [5.41, 5.74) is 5.55. The molecule has 0 amide bonds. The third-order valence-corrected chi connectivity index (χ3v) is 3.91. The van der Waals surface area contributed by atoms with Gasteiger partial charge in [-0.3, -0.25) is 9.80 Å². The lowest BCUT2D eigenvalue weighted by molar-refractivity contribution is 0.0513. The third-order valence-electron chi connectivity index (χ3n) is 3.91. The number of hydrogen-bond donors (Lipinski definition) is 1. The van der Waals surface area contributed by atoms with Crippen molar-refractivity contribution in [3.05, 3.63) is 0 Å². The highest BCUT2D eigenvalue weighted by Crippen LogP contribution is 2.16. The van der Waals surface area contributed by atoms with E-state index in [1.54, 1.807) is 0 Å². The zero-order valence-electron chi connectivity index (χ0n) is 11.4. The lowest BCUT2D eigenvalue weighted by atomic mass is 10.0. The van der Waals surface area contributed by atoms with Crippen molar-refractivity contribution in [3.8, 4) is 0 Å². The summed E-state index contributed by atoms with van der Waals surface area (Å²) in [5.74, 6) is 0.784. The topological polar surface area (TPSA) is 32.5 Å². The molecule has 1 aliphatic rings. The maximum atomic E-state index is 5.55. The first-order valence-corrected chi connectivity index (χ1v) is 6.69. The molecule has 0 spiro atoms. The second kappa shape index (κ2) is 6.58. The van der Waals surface area contributed by atoms with Crippen LogP contribution in [0.4, 0.5) is 0 Å². The number of nitrogens with zero attached hydrogens (tertiary/aromatic N) is 2. The van der Waals surface area contributed by atoms with Gasteiger partial charge in [-0.25, -0.2) is 0 Å². The Morgan fingerprint density at radius 2 is 1.81 bits per heavy atom. The van der Waals surface area contributed by atoms with E-state index in [4.69, 9.17) is 5.73 Å². The Morgan fingerprint density at radius 3 is 2.31 bits per heavy atom. The van der Waals surface area contributed by atoms with Crippen LogP contribution in [0.1, 0.15) is 33.6 Å². The highest BCUT2D eigenvalue weighted by atomic mass is 15.3. The molecule has 3 heteroatoms. The second-order valence-electron chi connectivity index (χ2n) is 5.62. The molecule has 3 nitrogen and oxygen atoms in total. The van der Waals surface area contributed by atoms with Crippen LogP contribution in [0, 0.1) is 5.92 Å². The summed E-state index contributed by atoms with van der Waals surface area (Å²) in [5, 5.41) is 0. The average Bonchev–Trinajstić information content (AvgIpc) is 2.23. The Kier molecular flexibility index (Phi) is 5.73. The molecule has 3 unspecified atom stereocenters. The Balaban J connectivity index is 2.32. The summed E-state index contributed by atoms with van der Waals surface area (Å²) in [4.78, 5) is 5.11. The number of rotatable bonds is 5. The van der Waals surface area contributed by atoms with E-state index in [1.807, 2.05) is 0 Å². The van der Waals surface area contributed by atoms with Gasteiger partial charge in [0.1, 0.15) is 0 Å². The molecule has 0 saturated carbocycles. The van der Waals surface area contributed by atoms with Crippen LogP contribution >= 0.6 is 0 Å². The quantitative estimate of drug-likeness (QED) is 0.770. The van der Waals surface area contributed by atoms with Gasteiger partial charge in [-0.1, -0.05) is 6.92 Å². The number of hydrogen-bond acceptors (Lipinski definition) is 3. The van der Waals surface area contributed by atoms with E-state index < -0.39 is 0 Å². The highest BCUT2D eigenvalue weighted by molar-refractivity contribution is 4.83. The molecule has 16 heavy (non-hydrogen) atoms. The van der Waals surface area contributed by atoms with Gasteiger partial charge in [-0.15, -0.1) is 0 Å². The average molecular weight is 227 g/mol. The van der Waals surface area contributed by atoms with E-state index in [0.717, 1.165) is 12.5 Å². The molecule has 0 aliphatic carbocycles. The van der Waals surface area contributed by atoms with E-state index in [1.165, 1.54) is 32.5 Å². The Bertz CT molecular complexity index is 184. The molecule has 3 atom stereocenters. The first kappa shape index (κ1) is 13.9. The predicted molar refractivity (Wildman–Crippen MR) is 70.6 cm³/mol. The van der Waals surface area contributed by atoms with Crippen LogP contribution in [-0.2, 0) is 0 Å². The van der Waals surface area contributed by atoms with Gasteiger partial charge in [-0.05, 0) is 46.2 Å². The largest absolute Gasteiger partial charge is 0.330 e. The molecule has 2 N–H and O–H groups in total. The molecule has 0 aromatic heterocycles. The van der Waals surface area contributed by atoms with Crippen LogP contribution in [0.25, 0.3) is 0 Å². The SMILES string of the molecule is CC(CCCN)CN1CC(C)N(C)C(C)C1. The smallest absolute Gasteiger partial charge is 0.0195 e. The van der Waals surface area contributed by atoms with Crippen LogP contribution in [0.15, 0.2) is 0 Å². The fourth-order valence-electron chi connectivity index (χ4n) is 2.66. The molecule has 1 heterocycles. The minimum absolute atomic E-state index is 0.686. The van der Waals surface area contributed by atoms with Gasteiger partial charge in [0.2, 0.25) is 0 Å². The monoisotopic (exact) mass is 227 g/mol. The lowest BCUT2D eigenvalue weighted by Crippen LogP contribution is -2.55. The zero-order chi connectivity index (χ0) is 12.1. The van der Waals surface area contributed by atoms with Gasteiger partial charge in [0, 0.05) is 31.7 Å². The van der Waals surface area contributed by atoms with Crippen molar-refractivity contribution < 1.29 is 0 Å². The van der Waals surface area contributed by atoms with Crippen molar-refractivity contribution in [3.63, 3.8) is 0 Å². The normalized spacial score (nSPS) is 30.6. The molecular weight excluding hydrogens is 198 g/mol. The van der Waals surface area contributed by atoms with Crippen LogP contribution in [0.3, 0.4) is 0 Å². The van der Waals surface area contributed by atoms with Crippen molar-refractivity contribution in [2.45, 2.75) is 45.7 Å². The summed E-state index contributed by atoms with van der Waals surface area (Å²) in [6.07, 6.45) is 2.44. The fraction of sp³-hybridized carbons (Fsp3) is 1.00. The van der Waals surface area contributed by atoms with Gasteiger partial charge >= 0.3 is 0 Å². The minimum atomic E-state index is 0.686. The minimum Gasteiger partial charge on any atom is -0.330 e. The summed E-state index contributed by atoms with van der Waals surface area (Å²) in [6, 6.07) is 1.37. The summed E-state index contributed by atoms with van der Waals surface area (Å²) in [6.45, 7) is 11.5. The molecular formula is C13H29N3. The summed E-state index contributed by atoms with van der Waals surface area (Å²) >= 11 is 0. The molecule has 1 rings (SSSR count). The van der Waals surface area contributed by atoms with Crippen molar-refractivity contribution in [1.82, 2.24) is 9.80 Å². The molecule has 0 aromatic rings. The van der Waals surface area contributed by atoms with Crippen LogP contribution in [0.2, 0.25) is 0 Å². The number of nitrogens with two attached hydrogens (primary N) is 1. The van der Waals surface area contributed by atoms with Crippen molar-refractivity contribution in [1.29, 1.82) is 0 Å². The maximum absolute atomic E-state index is 5.55. The van der Waals surface area contributed by atoms with E-state index >= 15 is 0 Å². The Hall–Kier alpha value is -0.120. The second-order valence-corrected chi connectivity index (χ2v) is 5.62. The molecule has 0 aromatic carbocycles. The third kappa shape index (κ3) is 4.04. The van der Waals surface area contributed by atoms with Crippen LogP contribution in [0.5, 0.6) is 0 Å². The maximum Gasteiger partial charge on any atom is 0.0195 e. The summed E-state index contributed by atoms with van der Waals surface area (Å²) in [7, 11) is 2.24. The van der Waals surface area contributed by atoms with E-state index in [0.29, 0.717) is 12.1 Å². The Morgan fingerprint density at radius 1 is 1.25 bits per heavy atom. The lowest BCUT2D eigenvalue weighted by Gasteiger charge is -2.43. The zero-order valence-corrected chi connectivity index (χ0v) is 11.4. The highest BCUT2D eigenvalue weighted by Gasteiger charge is 2.26. The van der Waals surface area contributed by atoms with E-state index in [9.17, 15) is 0 Å². The molecule has 0 bridgehead atoms. The van der Waals surface area contributed by atoms with Crippen molar-refractivity contribution in [2.24, 2.45) is 11.7 Å². The van der Waals surface area contributed by atoms with Crippen molar-refractivity contribution in [2.75, 3.05) is 33.2 Å².